The summed E-state index contributed by atoms with van der Waals surface area (Å²) in [5.74, 6) is 0. The molecule has 0 aromatic heterocycles. The van der Waals surface area contributed by atoms with Gasteiger partial charge in [0.1, 0.15) is 0 Å². The van der Waals surface area contributed by atoms with Crippen molar-refractivity contribution in [3.8, 4) is 0 Å². The third-order valence-corrected chi connectivity index (χ3v) is 10.8. The summed E-state index contributed by atoms with van der Waals surface area (Å²) in [6.45, 7) is -5.71. The summed E-state index contributed by atoms with van der Waals surface area (Å²) in [7, 11) is -38.3. The Kier molecular flexibility index (Phi) is 51.5. The fourth-order valence-corrected chi connectivity index (χ4v) is 9.54. The largest absolute Gasteiger partial charge is 1.00 e. The maximum atomic E-state index is 11.5. The highest BCUT2D eigenvalue weighted by molar-refractivity contribution is 7.50. The minimum Gasteiger partial charge on any atom is -0.810 e. The normalized spacial score (nSPS) is 12.2. The van der Waals surface area contributed by atoms with E-state index in [9.17, 15) is 100 Å². The SMILES string of the molecule is O=P([O-])([O-])CN(CCN(CCN(CP(=O)([O-])[O-])CP(=O)([O-])[O-])CP(=O)([O-])[O-])CCN(CCN(CP(=O)([O-])[O-])CP(=O)([O-])[O-])CP(=O)([O-])[O-].[H+].[H+].[H+].[H+].[NH4+].[NH4+].[NH4+].[NH4+].[NH4+].[NH4+].[NH4+].[NH4+].[NH4+].[NH4+]. The van der Waals surface area contributed by atoms with Crippen molar-refractivity contribution in [2.75, 3.05) is 96.4 Å². The Morgan fingerprint density at radius 1 is 0.224 bits per heavy atom. The van der Waals surface area contributed by atoms with Gasteiger partial charge in [-0.2, -0.15) is 0 Å². The van der Waals surface area contributed by atoms with E-state index in [0.717, 1.165) is 4.90 Å². The van der Waals surface area contributed by atoms with Gasteiger partial charge in [0, 0.05) is 96.4 Å². The molecule has 0 saturated carbocycles. The molecule has 0 aromatic carbocycles. The topological polar surface area (TPSA) is 824 Å². The third-order valence-electron chi connectivity index (χ3n) is 5.54. The van der Waals surface area contributed by atoms with Crippen LogP contribution in [-0.2, 0) is 32.0 Å². The van der Waals surface area contributed by atoms with E-state index < -0.39 is 150 Å². The summed E-state index contributed by atoms with van der Waals surface area (Å²) < 4.78 is 78.8. The molecule has 0 atom stereocenters. The second-order valence-electron chi connectivity index (χ2n) is 10.4. The molecule has 0 radical (unpaired) electrons. The lowest BCUT2D eigenvalue weighted by atomic mass is 10.4. The Labute approximate surface area is 341 Å². The highest BCUT2D eigenvalue weighted by atomic mass is 31.2. The van der Waals surface area contributed by atoms with Gasteiger partial charge in [0.15, 0.2) is 0 Å². The molecule has 0 fully saturated rings. The number of hydrogen-bond donors (Lipinski definition) is 10. The van der Waals surface area contributed by atoms with Crippen LogP contribution >= 0.6 is 53.2 Å². The maximum absolute atomic E-state index is 11.5. The van der Waals surface area contributed by atoms with Crippen LogP contribution in [0.1, 0.15) is 5.71 Å². The molecule has 36 nitrogen and oxygen atoms in total. The van der Waals surface area contributed by atoms with Crippen LogP contribution in [0.3, 0.4) is 0 Å². The summed E-state index contributed by atoms with van der Waals surface area (Å²) in [6.07, 6.45) is -10.1. The van der Waals surface area contributed by atoms with Crippen LogP contribution in [0.15, 0.2) is 0 Å². The van der Waals surface area contributed by atoms with E-state index >= 15 is 0 Å². The molecular formula is C15H74N15O21P7. The van der Waals surface area contributed by atoms with Gasteiger partial charge in [-0.15, -0.1) is 0 Å². The number of quaternary nitrogens is 10. The van der Waals surface area contributed by atoms with Crippen LogP contribution in [0, 0.1) is 0 Å². The van der Waals surface area contributed by atoms with Crippen molar-refractivity contribution in [1.29, 1.82) is 0 Å². The van der Waals surface area contributed by atoms with E-state index in [1.165, 1.54) is 0 Å². The predicted molar refractivity (Wildman–Crippen MR) is 200 cm³/mol. The zero-order valence-electron chi connectivity index (χ0n) is 38.5. The fourth-order valence-electron chi connectivity index (χ4n) is 3.98. The number of hydrogen-bond acceptors (Lipinski definition) is 26. The van der Waals surface area contributed by atoms with Gasteiger partial charge in [-0.3, -0.25) is 24.5 Å². The van der Waals surface area contributed by atoms with Crippen molar-refractivity contribution in [2.45, 2.75) is 0 Å². The van der Waals surface area contributed by atoms with Gasteiger partial charge in [-0.25, -0.2) is 0 Å². The molecule has 0 bridgehead atoms. The molecule has 43 heteroatoms. The monoisotopic (exact) mass is 1020 g/mol. The highest BCUT2D eigenvalue weighted by Crippen LogP contribution is 2.33. The molecule has 370 valence electrons. The fraction of sp³-hybridized carbons (Fsp3) is 1.00. The molecule has 0 aliphatic heterocycles. The van der Waals surface area contributed by atoms with Gasteiger partial charge in [-0.1, -0.05) is 53.2 Å². The first-order chi connectivity index (χ1) is 21.1. The van der Waals surface area contributed by atoms with Crippen LogP contribution in [0.2, 0.25) is 0 Å². The van der Waals surface area contributed by atoms with E-state index in [-0.39, 0.29) is 67.2 Å². The van der Waals surface area contributed by atoms with Crippen molar-refractivity contribution < 1.29 is 106 Å². The Bertz CT molecular complexity index is 1240. The average Bonchev–Trinajstić information content (AvgIpc) is 2.75. The second-order valence-corrected chi connectivity index (χ2v) is 20.9. The first-order valence-corrected chi connectivity index (χ1v) is 24.9. The molecule has 0 unspecified atom stereocenters. The van der Waals surface area contributed by atoms with Crippen LogP contribution < -0.4 is 130 Å². The second kappa shape index (κ2) is 34.9. The smallest absolute Gasteiger partial charge is 0.810 e. The van der Waals surface area contributed by atoms with Crippen molar-refractivity contribution in [1.82, 2.24) is 86.0 Å². The van der Waals surface area contributed by atoms with E-state index in [4.69, 9.17) is 0 Å². The summed E-state index contributed by atoms with van der Waals surface area (Å²) in [4.78, 5) is 160. The molecule has 0 rings (SSSR count). The van der Waals surface area contributed by atoms with E-state index in [1.54, 1.807) is 0 Å². The summed E-state index contributed by atoms with van der Waals surface area (Å²) in [6, 6.07) is 0. The summed E-state index contributed by atoms with van der Waals surface area (Å²) in [5, 5.41) is 0. The van der Waals surface area contributed by atoms with Crippen molar-refractivity contribution >= 4 is 53.2 Å². The van der Waals surface area contributed by atoms with Crippen molar-refractivity contribution in [2.24, 2.45) is 0 Å². The highest BCUT2D eigenvalue weighted by Gasteiger charge is 2.18. The maximum Gasteiger partial charge on any atom is 1.00 e. The zero-order valence-corrected chi connectivity index (χ0v) is 40.8. The van der Waals surface area contributed by atoms with E-state index in [0.29, 0.717) is 19.6 Å². The quantitative estimate of drug-likeness (QED) is 0.0360. The van der Waals surface area contributed by atoms with Crippen LogP contribution in [0.5, 0.6) is 0 Å². The lowest BCUT2D eigenvalue weighted by Crippen LogP contribution is -2.47. The number of nitrogens with zero attached hydrogens (tertiary/aromatic N) is 5. The molecule has 0 aromatic rings. The standard InChI is InChI=1S/C15H44N5O21P7.10H3N/c21-42(22,23)9-16(1-3-17(10-43(24,25)26)5-7-19(12-45(30,31)32)13-46(33,34)35)2-4-18(11-44(27,28)29)6-8-20(14-47(36,37)38)15-48(39,40)41;;;;;;;;;;/h1-15H2,(H2,21,22,23)(H2,24,25,26)(H2,27,28,29)(H2,30,31,32)(H2,33,34,35)(H2,36,37,38)(H2,39,40,41);10*1H3. The minimum atomic E-state index is -5.47. The first-order valence-electron chi connectivity index (χ1n) is 12.8. The van der Waals surface area contributed by atoms with Gasteiger partial charge in [0.05, 0.1) is 0 Å². The van der Waals surface area contributed by atoms with E-state index in [1.807, 2.05) is 0 Å². The Morgan fingerprint density at radius 3 is 0.414 bits per heavy atom. The lowest BCUT2D eigenvalue weighted by molar-refractivity contribution is -0.321. The van der Waals surface area contributed by atoms with Gasteiger partial charge in [0.2, 0.25) is 0 Å². The third kappa shape index (κ3) is 56.5. The van der Waals surface area contributed by atoms with Gasteiger partial charge < -0.3 is 162 Å². The number of rotatable bonds is 26. The summed E-state index contributed by atoms with van der Waals surface area (Å²) in [5.41, 5.74) is 0. The molecule has 0 aliphatic carbocycles. The molecular weight excluding hydrogens is 943 g/mol. The van der Waals surface area contributed by atoms with Crippen LogP contribution in [0.25, 0.3) is 0 Å². The first kappa shape index (κ1) is 85.7. The van der Waals surface area contributed by atoms with Crippen LogP contribution in [-0.4, -0.2) is 121 Å². The summed E-state index contributed by atoms with van der Waals surface area (Å²) >= 11 is 0. The van der Waals surface area contributed by atoms with Crippen molar-refractivity contribution in [3.63, 3.8) is 0 Å². The van der Waals surface area contributed by atoms with Gasteiger partial charge >= 0.3 is 5.71 Å². The average molecular weight is 1020 g/mol. The van der Waals surface area contributed by atoms with Crippen molar-refractivity contribution in [3.05, 3.63) is 0 Å². The molecule has 0 saturated heterocycles. The predicted octanol–water partition coefficient (Wildman–Crippen LogP) is -8.19. The Balaban J connectivity index is -0.000000121. The lowest BCUT2D eigenvalue weighted by Gasteiger charge is -2.43. The minimum absolute atomic E-state index is 0. The Morgan fingerprint density at radius 2 is 0.310 bits per heavy atom. The van der Waals surface area contributed by atoms with Gasteiger partial charge in [-0.05, 0) is 0 Å². The molecule has 0 spiro atoms. The molecule has 0 heterocycles. The molecule has 0 amide bonds. The zero-order chi connectivity index (χ0) is 38.0. The van der Waals surface area contributed by atoms with Gasteiger partial charge in [0.25, 0.3) is 0 Å². The van der Waals surface area contributed by atoms with Crippen LogP contribution in [0.4, 0.5) is 0 Å². The molecule has 40 N–H and O–H groups in total. The van der Waals surface area contributed by atoms with E-state index in [2.05, 4.69) is 0 Å². The molecule has 58 heavy (non-hydrogen) atoms. The molecule has 0 aliphatic rings. The Hall–Kier alpha value is 0.450.